The summed E-state index contributed by atoms with van der Waals surface area (Å²) in [6.07, 6.45) is 1.71. The first-order valence-corrected chi connectivity index (χ1v) is 5.83. The van der Waals surface area contributed by atoms with Crippen LogP contribution in [0.25, 0.3) is 11.0 Å². The molecule has 3 aromatic rings. The van der Waals surface area contributed by atoms with Gasteiger partial charge >= 0.3 is 0 Å². The molecule has 2 aromatic carbocycles. The van der Waals surface area contributed by atoms with Gasteiger partial charge in [0, 0.05) is 16.5 Å². The van der Waals surface area contributed by atoms with Crippen molar-refractivity contribution < 1.29 is 9.21 Å². The summed E-state index contributed by atoms with van der Waals surface area (Å²) in [5.74, 6) is 0.0399. The zero-order valence-electron chi connectivity index (χ0n) is 10.0. The van der Waals surface area contributed by atoms with Crippen molar-refractivity contribution in [3.05, 3.63) is 71.5 Å². The van der Waals surface area contributed by atoms with Crippen LogP contribution >= 0.6 is 0 Å². The van der Waals surface area contributed by atoms with Crippen LogP contribution in [-0.2, 0) is 0 Å². The smallest absolute Gasteiger partial charge is 0.193 e. The maximum Gasteiger partial charge on any atom is 0.193 e. The molecule has 2 nitrogen and oxygen atoms in total. The van der Waals surface area contributed by atoms with Crippen LogP contribution in [-0.4, -0.2) is 5.78 Å². The normalized spacial score (nSPS) is 10.7. The lowest BCUT2D eigenvalue weighted by Gasteiger charge is -2.01. The number of benzene rings is 2. The second kappa shape index (κ2) is 4.15. The van der Waals surface area contributed by atoms with Crippen molar-refractivity contribution in [3.63, 3.8) is 0 Å². The van der Waals surface area contributed by atoms with Crippen molar-refractivity contribution in [2.24, 2.45) is 0 Å². The fourth-order valence-electron chi connectivity index (χ4n) is 2.05. The van der Waals surface area contributed by atoms with Gasteiger partial charge in [-0.1, -0.05) is 30.3 Å². The van der Waals surface area contributed by atoms with E-state index in [1.54, 1.807) is 12.3 Å². The molecule has 1 aromatic heterocycles. The minimum absolute atomic E-state index is 0.0399. The summed E-state index contributed by atoms with van der Waals surface area (Å²) in [6, 6.07) is 14.8. The van der Waals surface area contributed by atoms with Crippen LogP contribution in [0.3, 0.4) is 0 Å². The molecule has 0 spiro atoms. The maximum atomic E-state index is 12.3. The number of hydrogen-bond donors (Lipinski definition) is 0. The van der Waals surface area contributed by atoms with E-state index in [1.165, 1.54) is 0 Å². The van der Waals surface area contributed by atoms with Gasteiger partial charge in [-0.15, -0.1) is 0 Å². The zero-order chi connectivity index (χ0) is 12.5. The van der Waals surface area contributed by atoms with Crippen molar-refractivity contribution in [1.29, 1.82) is 0 Å². The molecule has 2 heteroatoms. The molecule has 88 valence electrons. The predicted octanol–water partition coefficient (Wildman–Crippen LogP) is 3.97. The number of ketones is 1. The molecule has 3 rings (SSSR count). The van der Waals surface area contributed by atoms with Gasteiger partial charge in [-0.05, 0) is 30.7 Å². The first-order chi connectivity index (χ1) is 8.75. The van der Waals surface area contributed by atoms with Gasteiger partial charge in [0.2, 0.25) is 0 Å². The largest absolute Gasteiger partial charge is 0.464 e. The zero-order valence-corrected chi connectivity index (χ0v) is 10.0. The summed E-state index contributed by atoms with van der Waals surface area (Å²) in [7, 11) is 0. The molecule has 0 saturated heterocycles. The number of fused-ring (bicyclic) bond motifs is 1. The van der Waals surface area contributed by atoms with E-state index >= 15 is 0 Å². The van der Waals surface area contributed by atoms with Crippen LogP contribution in [0.2, 0.25) is 0 Å². The van der Waals surface area contributed by atoms with Crippen LogP contribution in [0.15, 0.2) is 59.2 Å². The Balaban J connectivity index is 2.09. The number of carbonyl (C=O) groups excluding carboxylic acids is 1. The predicted molar refractivity (Wildman–Crippen MR) is 70.8 cm³/mol. The Bertz CT molecular complexity index is 708. The van der Waals surface area contributed by atoms with E-state index in [4.69, 9.17) is 4.42 Å². The third kappa shape index (κ3) is 1.72. The summed E-state index contributed by atoms with van der Waals surface area (Å²) < 4.78 is 5.38. The fraction of sp³-hybridized carbons (Fsp3) is 0.0625. The number of hydrogen-bond acceptors (Lipinski definition) is 2. The summed E-state index contributed by atoms with van der Waals surface area (Å²) in [6.45, 7) is 1.97. The highest BCUT2D eigenvalue weighted by Gasteiger charge is 2.10. The van der Waals surface area contributed by atoms with Gasteiger partial charge in [0.25, 0.3) is 0 Å². The summed E-state index contributed by atoms with van der Waals surface area (Å²) >= 11 is 0. The van der Waals surface area contributed by atoms with E-state index in [2.05, 4.69) is 0 Å². The van der Waals surface area contributed by atoms with Crippen LogP contribution in [0.1, 0.15) is 21.5 Å². The first-order valence-electron chi connectivity index (χ1n) is 5.83. The van der Waals surface area contributed by atoms with Crippen molar-refractivity contribution in [2.45, 2.75) is 6.92 Å². The van der Waals surface area contributed by atoms with E-state index in [9.17, 15) is 4.79 Å². The molecule has 0 aliphatic heterocycles. The van der Waals surface area contributed by atoms with Crippen LogP contribution in [0, 0.1) is 6.92 Å². The Labute approximate surface area is 105 Å². The van der Waals surface area contributed by atoms with Crippen LogP contribution in [0.5, 0.6) is 0 Å². The second-order valence-corrected chi connectivity index (χ2v) is 4.32. The average molecular weight is 236 g/mol. The second-order valence-electron chi connectivity index (χ2n) is 4.32. The molecule has 0 N–H and O–H groups in total. The highest BCUT2D eigenvalue weighted by molar-refractivity contribution is 6.10. The molecule has 0 bridgehead atoms. The Hall–Kier alpha value is -2.35. The van der Waals surface area contributed by atoms with Crippen LogP contribution < -0.4 is 0 Å². The summed E-state index contributed by atoms with van der Waals surface area (Å²) in [4.78, 5) is 12.3. The van der Waals surface area contributed by atoms with Crippen molar-refractivity contribution in [3.8, 4) is 0 Å². The Morgan fingerprint density at radius 2 is 1.78 bits per heavy atom. The average Bonchev–Trinajstić information content (AvgIpc) is 2.80. The summed E-state index contributed by atoms with van der Waals surface area (Å²) in [5.41, 5.74) is 3.26. The van der Waals surface area contributed by atoms with E-state index in [0.29, 0.717) is 11.1 Å². The van der Waals surface area contributed by atoms with Crippen molar-refractivity contribution in [2.75, 3.05) is 0 Å². The van der Waals surface area contributed by atoms with Gasteiger partial charge in [-0.25, -0.2) is 0 Å². The maximum absolute atomic E-state index is 12.3. The molecule has 0 fully saturated rings. The van der Waals surface area contributed by atoms with Gasteiger partial charge in [-0.3, -0.25) is 4.79 Å². The van der Waals surface area contributed by atoms with Crippen molar-refractivity contribution in [1.82, 2.24) is 0 Å². The molecule has 0 aliphatic carbocycles. The third-order valence-electron chi connectivity index (χ3n) is 3.07. The molecule has 18 heavy (non-hydrogen) atoms. The van der Waals surface area contributed by atoms with E-state index < -0.39 is 0 Å². The Kier molecular flexibility index (Phi) is 2.49. The van der Waals surface area contributed by atoms with E-state index in [0.717, 1.165) is 16.5 Å². The van der Waals surface area contributed by atoms with Gasteiger partial charge in [0.15, 0.2) is 5.78 Å². The molecule has 0 radical (unpaired) electrons. The molecular formula is C16H12O2. The fourth-order valence-corrected chi connectivity index (χ4v) is 2.05. The number of carbonyl (C=O) groups is 1. The first kappa shape index (κ1) is 10.8. The van der Waals surface area contributed by atoms with Gasteiger partial charge in [0.05, 0.1) is 6.26 Å². The molecule has 0 unspecified atom stereocenters. The SMILES string of the molecule is Cc1coc2ccc(C(=O)c3ccccc3)cc12. The lowest BCUT2D eigenvalue weighted by Crippen LogP contribution is -2.00. The minimum Gasteiger partial charge on any atom is -0.464 e. The van der Waals surface area contributed by atoms with E-state index in [-0.39, 0.29) is 5.78 Å². The topological polar surface area (TPSA) is 30.2 Å². The van der Waals surface area contributed by atoms with E-state index in [1.807, 2.05) is 49.4 Å². The Morgan fingerprint density at radius 3 is 2.56 bits per heavy atom. The lowest BCUT2D eigenvalue weighted by atomic mass is 10.0. The van der Waals surface area contributed by atoms with Gasteiger partial charge in [-0.2, -0.15) is 0 Å². The monoisotopic (exact) mass is 236 g/mol. The minimum atomic E-state index is 0.0399. The summed E-state index contributed by atoms with van der Waals surface area (Å²) in [5, 5.41) is 0.997. The standard InChI is InChI=1S/C16H12O2/c1-11-10-18-15-8-7-13(9-14(11)15)16(17)12-5-3-2-4-6-12/h2-10H,1H3. The van der Waals surface area contributed by atoms with Crippen molar-refractivity contribution >= 4 is 16.8 Å². The van der Waals surface area contributed by atoms with Crippen LogP contribution in [0.4, 0.5) is 0 Å². The van der Waals surface area contributed by atoms with Gasteiger partial charge < -0.3 is 4.42 Å². The number of furan rings is 1. The lowest BCUT2D eigenvalue weighted by molar-refractivity contribution is 0.103. The Morgan fingerprint density at radius 1 is 1.00 bits per heavy atom. The number of rotatable bonds is 2. The van der Waals surface area contributed by atoms with Gasteiger partial charge in [0.1, 0.15) is 5.58 Å². The molecular weight excluding hydrogens is 224 g/mol. The molecule has 0 saturated carbocycles. The number of aryl methyl sites for hydroxylation is 1. The molecule has 0 atom stereocenters. The third-order valence-corrected chi connectivity index (χ3v) is 3.07. The quantitative estimate of drug-likeness (QED) is 0.630. The molecule has 0 amide bonds. The molecule has 0 aliphatic rings. The highest BCUT2D eigenvalue weighted by atomic mass is 16.3. The molecule has 1 heterocycles. The highest BCUT2D eigenvalue weighted by Crippen LogP contribution is 2.22.